The van der Waals surface area contributed by atoms with Crippen LogP contribution in [0.1, 0.15) is 18.4 Å². The Morgan fingerprint density at radius 3 is 2.71 bits per heavy atom. The molecule has 0 unspecified atom stereocenters. The van der Waals surface area contributed by atoms with Gasteiger partial charge in [-0.15, -0.1) is 11.6 Å². The molecule has 0 spiro atoms. The summed E-state index contributed by atoms with van der Waals surface area (Å²) in [6.45, 7) is 1.76. The van der Waals surface area contributed by atoms with E-state index in [1.54, 1.807) is 13.0 Å². The molecule has 1 N–H and O–H groups in total. The molecule has 4 nitrogen and oxygen atoms in total. The molecule has 0 aromatic carbocycles. The highest BCUT2D eigenvalue weighted by Crippen LogP contribution is 2.17. The second-order valence-corrected chi connectivity index (χ2v) is 6.23. The van der Waals surface area contributed by atoms with Crippen LogP contribution in [-0.2, 0) is 10.0 Å². The SMILES string of the molecule is Cc1cc(NS(=O)(=O)CCCCCl)cnc1Cl. The lowest BCUT2D eigenvalue weighted by molar-refractivity contribution is 0.598. The quantitative estimate of drug-likeness (QED) is 0.499. The zero-order valence-corrected chi connectivity index (χ0v) is 11.7. The minimum Gasteiger partial charge on any atom is -0.282 e. The molecule has 0 saturated heterocycles. The molecule has 0 atom stereocenters. The van der Waals surface area contributed by atoms with Gasteiger partial charge in [0.2, 0.25) is 10.0 Å². The number of rotatable bonds is 6. The lowest BCUT2D eigenvalue weighted by Crippen LogP contribution is -2.17. The molecule has 0 saturated carbocycles. The fourth-order valence-electron chi connectivity index (χ4n) is 1.23. The molecule has 7 heteroatoms. The van der Waals surface area contributed by atoms with Crippen LogP contribution < -0.4 is 4.72 Å². The molecular formula is C10H14Cl2N2O2S. The van der Waals surface area contributed by atoms with Crippen molar-refractivity contribution < 1.29 is 8.42 Å². The van der Waals surface area contributed by atoms with Crippen LogP contribution in [0.25, 0.3) is 0 Å². The molecule has 0 bridgehead atoms. The first kappa shape index (κ1) is 14.5. The zero-order chi connectivity index (χ0) is 12.9. The Morgan fingerprint density at radius 2 is 2.12 bits per heavy atom. The van der Waals surface area contributed by atoms with Gasteiger partial charge in [-0.3, -0.25) is 4.72 Å². The van der Waals surface area contributed by atoms with Gasteiger partial charge in [0, 0.05) is 5.88 Å². The fourth-order valence-corrected chi connectivity index (χ4v) is 2.68. The van der Waals surface area contributed by atoms with E-state index >= 15 is 0 Å². The molecule has 1 aromatic rings. The Hall–Kier alpha value is -0.520. The van der Waals surface area contributed by atoms with Crippen LogP contribution in [0.3, 0.4) is 0 Å². The van der Waals surface area contributed by atoms with E-state index in [-0.39, 0.29) is 5.75 Å². The summed E-state index contributed by atoms with van der Waals surface area (Å²) in [5, 5.41) is 0.370. The van der Waals surface area contributed by atoms with Crippen molar-refractivity contribution in [3.8, 4) is 0 Å². The van der Waals surface area contributed by atoms with Gasteiger partial charge in [-0.25, -0.2) is 13.4 Å². The molecule has 1 heterocycles. The van der Waals surface area contributed by atoms with E-state index in [0.717, 1.165) is 5.56 Å². The molecule has 1 aromatic heterocycles. The number of alkyl halides is 1. The molecule has 1 rings (SSSR count). The van der Waals surface area contributed by atoms with Crippen LogP contribution >= 0.6 is 23.2 Å². The highest BCUT2D eigenvalue weighted by molar-refractivity contribution is 7.92. The number of halogens is 2. The van der Waals surface area contributed by atoms with Crippen molar-refractivity contribution >= 4 is 38.9 Å². The normalized spacial score (nSPS) is 11.5. The molecular weight excluding hydrogens is 283 g/mol. The monoisotopic (exact) mass is 296 g/mol. The number of unbranched alkanes of at least 4 members (excludes halogenated alkanes) is 1. The van der Waals surface area contributed by atoms with Gasteiger partial charge in [-0.05, 0) is 31.4 Å². The number of nitrogens with one attached hydrogen (secondary N) is 1. The molecule has 0 aliphatic heterocycles. The second-order valence-electron chi connectivity index (χ2n) is 3.65. The summed E-state index contributed by atoms with van der Waals surface area (Å²) >= 11 is 11.2. The zero-order valence-electron chi connectivity index (χ0n) is 9.41. The van der Waals surface area contributed by atoms with Crippen molar-refractivity contribution in [3.63, 3.8) is 0 Å². The van der Waals surface area contributed by atoms with E-state index in [0.29, 0.717) is 29.6 Å². The predicted molar refractivity (Wildman–Crippen MR) is 71.3 cm³/mol. The Balaban J connectivity index is 2.66. The average Bonchev–Trinajstić information content (AvgIpc) is 2.23. The van der Waals surface area contributed by atoms with Crippen LogP contribution in [0.5, 0.6) is 0 Å². The van der Waals surface area contributed by atoms with E-state index in [2.05, 4.69) is 9.71 Å². The van der Waals surface area contributed by atoms with Crippen molar-refractivity contribution in [2.45, 2.75) is 19.8 Å². The van der Waals surface area contributed by atoms with Gasteiger partial charge in [0.05, 0.1) is 17.6 Å². The van der Waals surface area contributed by atoms with E-state index in [9.17, 15) is 8.42 Å². The highest BCUT2D eigenvalue weighted by atomic mass is 35.5. The van der Waals surface area contributed by atoms with Gasteiger partial charge >= 0.3 is 0 Å². The topological polar surface area (TPSA) is 59.1 Å². The van der Waals surface area contributed by atoms with Crippen molar-refractivity contribution in [2.75, 3.05) is 16.4 Å². The minimum atomic E-state index is -3.33. The minimum absolute atomic E-state index is 0.0569. The number of anilines is 1. The van der Waals surface area contributed by atoms with E-state index in [1.165, 1.54) is 6.20 Å². The van der Waals surface area contributed by atoms with Gasteiger partial charge in [-0.1, -0.05) is 11.6 Å². The third-order valence-corrected chi connectivity index (χ3v) is 4.12. The lowest BCUT2D eigenvalue weighted by atomic mass is 10.3. The van der Waals surface area contributed by atoms with E-state index in [4.69, 9.17) is 23.2 Å². The third kappa shape index (κ3) is 5.10. The number of aromatic nitrogens is 1. The maximum Gasteiger partial charge on any atom is 0.232 e. The number of nitrogens with zero attached hydrogens (tertiary/aromatic N) is 1. The lowest BCUT2D eigenvalue weighted by Gasteiger charge is -2.08. The van der Waals surface area contributed by atoms with Gasteiger partial charge in [-0.2, -0.15) is 0 Å². The van der Waals surface area contributed by atoms with Gasteiger partial charge < -0.3 is 0 Å². The van der Waals surface area contributed by atoms with Crippen LogP contribution in [0.4, 0.5) is 5.69 Å². The molecule has 96 valence electrons. The number of hydrogen-bond donors (Lipinski definition) is 1. The van der Waals surface area contributed by atoms with Crippen molar-refractivity contribution in [2.24, 2.45) is 0 Å². The maximum atomic E-state index is 11.7. The Kier molecular flexibility index (Phi) is 5.49. The van der Waals surface area contributed by atoms with Crippen LogP contribution in [0.15, 0.2) is 12.3 Å². The van der Waals surface area contributed by atoms with Gasteiger partial charge in [0.1, 0.15) is 5.15 Å². The first-order valence-corrected chi connectivity index (χ1v) is 7.69. The summed E-state index contributed by atoms with van der Waals surface area (Å²) < 4.78 is 25.8. The molecule has 0 radical (unpaired) electrons. The van der Waals surface area contributed by atoms with Crippen molar-refractivity contribution in [1.29, 1.82) is 0 Å². The smallest absolute Gasteiger partial charge is 0.232 e. The Bertz CT molecular complexity index is 477. The fraction of sp³-hybridized carbons (Fsp3) is 0.500. The summed E-state index contributed by atoms with van der Waals surface area (Å²) in [5.41, 5.74) is 1.16. The average molecular weight is 297 g/mol. The van der Waals surface area contributed by atoms with Crippen LogP contribution in [-0.4, -0.2) is 25.0 Å². The molecule has 0 aliphatic carbocycles. The largest absolute Gasteiger partial charge is 0.282 e. The first-order valence-electron chi connectivity index (χ1n) is 5.13. The summed E-state index contributed by atoms with van der Waals surface area (Å²) in [5.74, 6) is 0.526. The summed E-state index contributed by atoms with van der Waals surface area (Å²) in [7, 11) is -3.33. The Morgan fingerprint density at radius 1 is 1.41 bits per heavy atom. The second kappa shape index (κ2) is 6.42. The standard InChI is InChI=1S/C10H14Cl2N2O2S/c1-8-6-9(7-13-10(8)12)14-17(15,16)5-3-2-4-11/h6-7,14H,2-5H2,1H3. The van der Waals surface area contributed by atoms with Crippen molar-refractivity contribution in [3.05, 3.63) is 23.0 Å². The van der Waals surface area contributed by atoms with E-state index in [1.807, 2.05) is 0 Å². The maximum absolute atomic E-state index is 11.7. The summed E-state index contributed by atoms with van der Waals surface area (Å²) in [6.07, 6.45) is 2.62. The number of pyridine rings is 1. The number of aryl methyl sites for hydroxylation is 1. The highest BCUT2D eigenvalue weighted by Gasteiger charge is 2.10. The van der Waals surface area contributed by atoms with E-state index < -0.39 is 10.0 Å². The third-order valence-electron chi connectivity index (χ3n) is 2.08. The predicted octanol–water partition coefficient (Wildman–Crippen LogP) is 2.80. The van der Waals surface area contributed by atoms with Crippen LogP contribution in [0, 0.1) is 6.92 Å². The molecule has 0 amide bonds. The van der Waals surface area contributed by atoms with Gasteiger partial charge in [0.25, 0.3) is 0 Å². The Labute approximate surface area is 111 Å². The number of sulfonamides is 1. The molecule has 0 aliphatic rings. The van der Waals surface area contributed by atoms with Crippen molar-refractivity contribution in [1.82, 2.24) is 4.98 Å². The molecule has 0 fully saturated rings. The first-order chi connectivity index (χ1) is 7.94. The molecule has 17 heavy (non-hydrogen) atoms. The van der Waals surface area contributed by atoms with Crippen LogP contribution in [0.2, 0.25) is 5.15 Å². The van der Waals surface area contributed by atoms with Gasteiger partial charge in [0.15, 0.2) is 0 Å². The summed E-state index contributed by atoms with van der Waals surface area (Å²) in [4.78, 5) is 3.88. The summed E-state index contributed by atoms with van der Waals surface area (Å²) in [6, 6.07) is 1.65. The number of hydrogen-bond acceptors (Lipinski definition) is 3.